The summed E-state index contributed by atoms with van der Waals surface area (Å²) in [5.74, 6) is -1.46. The van der Waals surface area contributed by atoms with E-state index in [4.69, 9.17) is 0 Å². The lowest BCUT2D eigenvalue weighted by molar-refractivity contribution is -0.384. The van der Waals surface area contributed by atoms with E-state index in [9.17, 15) is 24.4 Å². The molecule has 0 saturated carbocycles. The lowest BCUT2D eigenvalue weighted by atomic mass is 9.96. The predicted octanol–water partition coefficient (Wildman–Crippen LogP) is 1.58. The highest BCUT2D eigenvalue weighted by atomic mass is 19.1. The maximum Gasteiger partial charge on any atom is 0.270 e. The Morgan fingerprint density at radius 1 is 1.55 bits per heavy atom. The van der Waals surface area contributed by atoms with Gasteiger partial charge in [-0.15, -0.1) is 0 Å². The number of nitro groups is 1. The molecular weight excluding hydrogens is 267 g/mol. The molecule has 2 rings (SSSR count). The number of piperidine rings is 1. The van der Waals surface area contributed by atoms with Gasteiger partial charge in [-0.05, 0) is 18.4 Å². The maximum absolute atomic E-state index is 13.7. The van der Waals surface area contributed by atoms with Gasteiger partial charge in [-0.1, -0.05) is 6.92 Å². The highest BCUT2D eigenvalue weighted by Crippen LogP contribution is 2.22. The summed E-state index contributed by atoms with van der Waals surface area (Å²) in [5.41, 5.74) is -0.623. The van der Waals surface area contributed by atoms with Crippen molar-refractivity contribution in [3.8, 4) is 0 Å². The summed E-state index contributed by atoms with van der Waals surface area (Å²) >= 11 is 0. The molecule has 1 N–H and O–H groups in total. The molecule has 7 heteroatoms. The first-order chi connectivity index (χ1) is 9.40. The molecule has 1 aliphatic heterocycles. The average Bonchev–Trinajstić information content (AvgIpc) is 2.41. The van der Waals surface area contributed by atoms with Gasteiger partial charge in [-0.25, -0.2) is 4.39 Å². The topological polar surface area (TPSA) is 83.7 Å². The molecule has 1 fully saturated rings. The molecule has 0 radical (unpaired) electrons. The van der Waals surface area contributed by atoms with Crippen LogP contribution in [0.4, 0.5) is 10.1 Å². The van der Waals surface area contributed by atoms with E-state index in [1.54, 1.807) is 6.92 Å². The number of nitro benzene ring substituents is 1. The minimum Gasteiger partial charge on any atom is -0.393 e. The number of aliphatic hydroxyl groups excluding tert-OH is 1. The van der Waals surface area contributed by atoms with Gasteiger partial charge < -0.3 is 10.0 Å². The zero-order valence-electron chi connectivity index (χ0n) is 11.0. The number of hydrogen-bond donors (Lipinski definition) is 1. The van der Waals surface area contributed by atoms with Gasteiger partial charge in [-0.3, -0.25) is 14.9 Å². The van der Waals surface area contributed by atoms with Gasteiger partial charge in [0.05, 0.1) is 16.6 Å². The van der Waals surface area contributed by atoms with Crippen LogP contribution in [-0.4, -0.2) is 40.0 Å². The predicted molar refractivity (Wildman–Crippen MR) is 68.7 cm³/mol. The van der Waals surface area contributed by atoms with E-state index in [-0.39, 0.29) is 17.2 Å². The van der Waals surface area contributed by atoms with Crippen LogP contribution in [-0.2, 0) is 0 Å². The van der Waals surface area contributed by atoms with Crippen LogP contribution in [0.1, 0.15) is 23.7 Å². The van der Waals surface area contributed by atoms with E-state index >= 15 is 0 Å². The third-order valence-electron chi connectivity index (χ3n) is 3.54. The third-order valence-corrected chi connectivity index (χ3v) is 3.54. The number of rotatable bonds is 2. The molecule has 1 heterocycles. The lowest BCUT2D eigenvalue weighted by Crippen LogP contribution is -2.45. The number of hydrogen-bond acceptors (Lipinski definition) is 4. The molecule has 2 atom stereocenters. The van der Waals surface area contributed by atoms with Gasteiger partial charge in [0.1, 0.15) is 5.82 Å². The van der Waals surface area contributed by atoms with E-state index in [0.29, 0.717) is 19.5 Å². The Morgan fingerprint density at radius 2 is 2.25 bits per heavy atom. The number of likely N-dealkylation sites (tertiary alicyclic amines) is 1. The van der Waals surface area contributed by atoms with E-state index in [0.717, 1.165) is 18.2 Å². The Balaban J connectivity index is 2.25. The molecule has 2 unspecified atom stereocenters. The number of benzene rings is 1. The molecule has 0 aliphatic carbocycles. The van der Waals surface area contributed by atoms with E-state index in [2.05, 4.69) is 0 Å². The summed E-state index contributed by atoms with van der Waals surface area (Å²) in [5, 5.41) is 20.3. The van der Waals surface area contributed by atoms with Crippen molar-refractivity contribution < 1.29 is 19.2 Å². The standard InChI is InChI=1S/C13H15FN2O4/c1-8-7-15(5-4-12(8)17)13(18)10-6-9(16(19)20)2-3-11(10)14/h2-3,6,8,12,17H,4-5,7H2,1H3. The molecule has 1 saturated heterocycles. The fraction of sp³-hybridized carbons (Fsp3) is 0.462. The number of carbonyl (C=O) groups is 1. The van der Waals surface area contributed by atoms with Crippen LogP contribution in [0.15, 0.2) is 18.2 Å². The monoisotopic (exact) mass is 282 g/mol. The van der Waals surface area contributed by atoms with Crippen molar-refractivity contribution in [2.75, 3.05) is 13.1 Å². The summed E-state index contributed by atoms with van der Waals surface area (Å²) < 4.78 is 13.7. The van der Waals surface area contributed by atoms with Gasteiger partial charge in [0.15, 0.2) is 0 Å². The van der Waals surface area contributed by atoms with Gasteiger partial charge in [-0.2, -0.15) is 0 Å². The largest absolute Gasteiger partial charge is 0.393 e. The lowest BCUT2D eigenvalue weighted by Gasteiger charge is -2.34. The van der Waals surface area contributed by atoms with Crippen LogP contribution in [0.5, 0.6) is 0 Å². The number of amides is 1. The molecule has 1 aromatic rings. The minimum atomic E-state index is -0.778. The molecule has 108 valence electrons. The maximum atomic E-state index is 13.7. The van der Waals surface area contributed by atoms with Crippen LogP contribution in [0.2, 0.25) is 0 Å². The van der Waals surface area contributed by atoms with Gasteiger partial charge >= 0.3 is 0 Å². The highest BCUT2D eigenvalue weighted by Gasteiger charge is 2.29. The Hall–Kier alpha value is -2.02. The highest BCUT2D eigenvalue weighted by molar-refractivity contribution is 5.95. The van der Waals surface area contributed by atoms with Gasteiger partial charge in [0, 0.05) is 25.2 Å². The molecule has 1 amide bonds. The Kier molecular flexibility index (Phi) is 3.99. The number of aliphatic hydroxyl groups is 1. The van der Waals surface area contributed by atoms with Crippen LogP contribution in [0, 0.1) is 21.8 Å². The number of carbonyl (C=O) groups excluding carboxylic acids is 1. The molecule has 0 aromatic heterocycles. The fourth-order valence-electron chi connectivity index (χ4n) is 2.28. The molecule has 6 nitrogen and oxygen atoms in total. The molecule has 1 aliphatic rings. The van der Waals surface area contributed by atoms with Crippen molar-refractivity contribution in [1.82, 2.24) is 4.90 Å². The van der Waals surface area contributed by atoms with Crippen molar-refractivity contribution in [3.63, 3.8) is 0 Å². The molecule has 20 heavy (non-hydrogen) atoms. The second-order valence-electron chi connectivity index (χ2n) is 5.01. The van der Waals surface area contributed by atoms with Gasteiger partial charge in [0.2, 0.25) is 0 Å². The zero-order valence-corrected chi connectivity index (χ0v) is 11.0. The fourth-order valence-corrected chi connectivity index (χ4v) is 2.28. The summed E-state index contributed by atoms with van der Waals surface area (Å²) in [6.45, 7) is 2.42. The number of nitrogens with zero attached hydrogens (tertiary/aromatic N) is 2. The first kappa shape index (κ1) is 14.4. The van der Waals surface area contributed by atoms with Crippen LogP contribution >= 0.6 is 0 Å². The van der Waals surface area contributed by atoms with Gasteiger partial charge in [0.25, 0.3) is 11.6 Å². The van der Waals surface area contributed by atoms with Crippen molar-refractivity contribution in [1.29, 1.82) is 0 Å². The Labute approximate surface area is 115 Å². The average molecular weight is 282 g/mol. The molecule has 0 bridgehead atoms. The normalized spacial score (nSPS) is 22.6. The summed E-state index contributed by atoms with van der Waals surface area (Å²) in [6, 6.07) is 2.90. The second-order valence-corrected chi connectivity index (χ2v) is 5.01. The Bertz CT molecular complexity index is 549. The summed E-state index contributed by atoms with van der Waals surface area (Å²) in [6.07, 6.45) is -0.0577. The zero-order chi connectivity index (χ0) is 14.9. The van der Waals surface area contributed by atoms with E-state index < -0.39 is 22.8 Å². The number of non-ortho nitro benzene ring substituents is 1. The third kappa shape index (κ3) is 2.77. The Morgan fingerprint density at radius 3 is 2.85 bits per heavy atom. The summed E-state index contributed by atoms with van der Waals surface area (Å²) in [7, 11) is 0. The summed E-state index contributed by atoms with van der Waals surface area (Å²) in [4.78, 5) is 23.7. The van der Waals surface area contributed by atoms with E-state index in [1.165, 1.54) is 4.90 Å². The molecular formula is C13H15FN2O4. The van der Waals surface area contributed by atoms with Crippen molar-refractivity contribution in [3.05, 3.63) is 39.7 Å². The van der Waals surface area contributed by atoms with Crippen molar-refractivity contribution >= 4 is 11.6 Å². The van der Waals surface area contributed by atoms with E-state index in [1.807, 2.05) is 0 Å². The molecule has 1 aromatic carbocycles. The van der Waals surface area contributed by atoms with Crippen molar-refractivity contribution in [2.45, 2.75) is 19.4 Å². The number of halogens is 1. The molecule has 0 spiro atoms. The quantitative estimate of drug-likeness (QED) is 0.659. The first-order valence-electron chi connectivity index (χ1n) is 6.31. The van der Waals surface area contributed by atoms with Crippen LogP contribution in [0.3, 0.4) is 0 Å². The van der Waals surface area contributed by atoms with Crippen molar-refractivity contribution in [2.24, 2.45) is 5.92 Å². The van der Waals surface area contributed by atoms with Crippen LogP contribution < -0.4 is 0 Å². The first-order valence-corrected chi connectivity index (χ1v) is 6.31. The second kappa shape index (κ2) is 5.54. The smallest absolute Gasteiger partial charge is 0.270 e. The van der Waals surface area contributed by atoms with Crippen LogP contribution in [0.25, 0.3) is 0 Å². The SMILES string of the molecule is CC1CN(C(=O)c2cc([N+](=O)[O-])ccc2F)CCC1O. The minimum absolute atomic E-state index is 0.102.